The van der Waals surface area contributed by atoms with E-state index in [2.05, 4.69) is 45.2 Å². The number of carbonyl (C=O) groups excluding carboxylic acids is 2. The van der Waals surface area contributed by atoms with Crippen molar-refractivity contribution >= 4 is 57.1 Å². The molecule has 0 spiro atoms. The normalized spacial score (nSPS) is 10.4. The second-order valence-corrected chi connectivity index (χ2v) is 8.13. The molecule has 0 bridgehead atoms. The molecule has 2 aromatic carbocycles. The second kappa shape index (κ2) is 10.8. The van der Waals surface area contributed by atoms with Crippen LogP contribution in [0.2, 0.25) is 0 Å². The van der Waals surface area contributed by atoms with Crippen molar-refractivity contribution in [3.8, 4) is 11.5 Å². The van der Waals surface area contributed by atoms with Gasteiger partial charge in [0.15, 0.2) is 0 Å². The molecule has 2 aromatic rings. The smallest absolute Gasteiger partial charge is 0.308 e. The molecule has 5 nitrogen and oxygen atoms in total. The lowest BCUT2D eigenvalue weighted by Gasteiger charge is -2.09. The number of aryl methyl sites for hydroxylation is 1. The summed E-state index contributed by atoms with van der Waals surface area (Å²) in [6.45, 7) is 1.69. The lowest BCUT2D eigenvalue weighted by atomic mass is 10.1. The monoisotopic (exact) mass is 594 g/mol. The van der Waals surface area contributed by atoms with Crippen LogP contribution < -0.4 is 9.47 Å². The standard InChI is InChI=1S/C20H20I2O5/c1-13(23)27-16-6-3-14(4-7-16)9-10-26-19(24)8-5-15-11-17(21)20(25-2)18(22)12-15/h3-4,6-7,11-12H,5,8-10H2,1-2H3. The first-order valence-electron chi connectivity index (χ1n) is 8.34. The van der Waals surface area contributed by atoms with Gasteiger partial charge in [0.1, 0.15) is 11.5 Å². The highest BCUT2D eigenvalue weighted by molar-refractivity contribution is 14.1. The molecule has 0 unspecified atom stereocenters. The minimum atomic E-state index is -0.349. The molecule has 0 amide bonds. The van der Waals surface area contributed by atoms with Gasteiger partial charge in [-0.1, -0.05) is 12.1 Å². The third kappa shape index (κ3) is 7.28. The first-order chi connectivity index (χ1) is 12.9. The highest BCUT2D eigenvalue weighted by atomic mass is 127. The van der Waals surface area contributed by atoms with E-state index in [0.29, 0.717) is 31.6 Å². The fourth-order valence-electron chi connectivity index (χ4n) is 2.44. The second-order valence-electron chi connectivity index (χ2n) is 5.80. The lowest BCUT2D eigenvalue weighted by molar-refractivity contribution is -0.143. The van der Waals surface area contributed by atoms with E-state index in [1.807, 2.05) is 24.3 Å². The van der Waals surface area contributed by atoms with Crippen molar-refractivity contribution in [3.05, 3.63) is 54.7 Å². The van der Waals surface area contributed by atoms with Crippen LogP contribution in [-0.4, -0.2) is 25.7 Å². The van der Waals surface area contributed by atoms with E-state index >= 15 is 0 Å². The molecule has 0 aliphatic carbocycles. The Kier molecular flexibility index (Phi) is 8.81. The molecule has 0 radical (unpaired) electrons. The number of benzene rings is 2. The molecule has 2 rings (SSSR count). The van der Waals surface area contributed by atoms with E-state index in [-0.39, 0.29) is 11.9 Å². The third-order valence-electron chi connectivity index (χ3n) is 3.72. The Balaban J connectivity index is 1.76. The molecule has 0 aromatic heterocycles. The summed E-state index contributed by atoms with van der Waals surface area (Å²) in [5.41, 5.74) is 2.10. The fraction of sp³-hybridized carbons (Fsp3) is 0.300. The van der Waals surface area contributed by atoms with Crippen LogP contribution in [0.25, 0.3) is 0 Å². The Bertz CT molecular complexity index is 780. The highest BCUT2D eigenvalue weighted by Crippen LogP contribution is 2.29. The van der Waals surface area contributed by atoms with Gasteiger partial charge in [0.25, 0.3) is 0 Å². The number of rotatable bonds is 8. The van der Waals surface area contributed by atoms with Gasteiger partial charge in [-0.15, -0.1) is 0 Å². The maximum absolute atomic E-state index is 12.0. The number of hydrogen-bond acceptors (Lipinski definition) is 5. The van der Waals surface area contributed by atoms with Crippen molar-refractivity contribution in [2.45, 2.75) is 26.2 Å². The van der Waals surface area contributed by atoms with Gasteiger partial charge in [-0.3, -0.25) is 9.59 Å². The largest absolute Gasteiger partial charge is 0.495 e. The molecule has 27 heavy (non-hydrogen) atoms. The number of carbonyl (C=O) groups is 2. The quantitative estimate of drug-likeness (QED) is 0.255. The van der Waals surface area contributed by atoms with Crippen LogP contribution in [0.5, 0.6) is 11.5 Å². The Morgan fingerprint density at radius 1 is 0.963 bits per heavy atom. The summed E-state index contributed by atoms with van der Waals surface area (Å²) in [6.07, 6.45) is 1.58. The predicted molar refractivity (Wildman–Crippen MR) is 119 cm³/mol. The van der Waals surface area contributed by atoms with Crippen LogP contribution in [0, 0.1) is 7.14 Å². The van der Waals surface area contributed by atoms with Crippen molar-refractivity contribution < 1.29 is 23.8 Å². The topological polar surface area (TPSA) is 61.8 Å². The van der Waals surface area contributed by atoms with Gasteiger partial charge in [-0.2, -0.15) is 0 Å². The summed E-state index contributed by atoms with van der Waals surface area (Å²) >= 11 is 4.47. The van der Waals surface area contributed by atoms with Crippen molar-refractivity contribution in [1.82, 2.24) is 0 Å². The summed E-state index contributed by atoms with van der Waals surface area (Å²) in [7, 11) is 1.65. The minimum Gasteiger partial charge on any atom is -0.495 e. The van der Waals surface area contributed by atoms with Gasteiger partial charge in [0.05, 0.1) is 20.9 Å². The summed E-state index contributed by atoms with van der Waals surface area (Å²) in [4.78, 5) is 22.9. The van der Waals surface area contributed by atoms with Crippen LogP contribution >= 0.6 is 45.2 Å². The Hall–Kier alpha value is -1.36. The zero-order valence-corrected chi connectivity index (χ0v) is 19.4. The van der Waals surface area contributed by atoms with Crippen LogP contribution in [0.1, 0.15) is 24.5 Å². The zero-order chi connectivity index (χ0) is 19.8. The first-order valence-corrected chi connectivity index (χ1v) is 10.5. The number of methoxy groups -OCH3 is 1. The van der Waals surface area contributed by atoms with E-state index < -0.39 is 0 Å². The lowest BCUT2D eigenvalue weighted by Crippen LogP contribution is -2.09. The third-order valence-corrected chi connectivity index (χ3v) is 5.32. The molecule has 0 fully saturated rings. The van der Waals surface area contributed by atoms with Crippen LogP contribution in [-0.2, 0) is 27.2 Å². The Labute approximate surface area is 186 Å². The number of esters is 2. The van der Waals surface area contributed by atoms with Gasteiger partial charge in [0.2, 0.25) is 0 Å². The molecule has 0 aliphatic heterocycles. The van der Waals surface area contributed by atoms with Gasteiger partial charge >= 0.3 is 11.9 Å². The average Bonchev–Trinajstić information content (AvgIpc) is 2.61. The summed E-state index contributed by atoms with van der Waals surface area (Å²) in [5.74, 6) is 0.805. The van der Waals surface area contributed by atoms with Gasteiger partial charge in [-0.05, 0) is 87.0 Å². The maximum atomic E-state index is 12.0. The van der Waals surface area contributed by atoms with E-state index in [1.165, 1.54) is 6.92 Å². The van der Waals surface area contributed by atoms with E-state index in [0.717, 1.165) is 24.0 Å². The highest BCUT2D eigenvalue weighted by Gasteiger charge is 2.10. The van der Waals surface area contributed by atoms with Crippen molar-refractivity contribution in [3.63, 3.8) is 0 Å². The molecular weight excluding hydrogens is 574 g/mol. The fourth-order valence-corrected chi connectivity index (χ4v) is 4.78. The number of halogens is 2. The first kappa shape index (κ1) is 21.9. The molecule has 0 atom stereocenters. The molecule has 0 heterocycles. The summed E-state index contributed by atoms with van der Waals surface area (Å²) in [6, 6.07) is 11.2. The van der Waals surface area contributed by atoms with Crippen LogP contribution in [0.4, 0.5) is 0 Å². The molecule has 144 valence electrons. The van der Waals surface area contributed by atoms with Crippen molar-refractivity contribution in [2.24, 2.45) is 0 Å². The predicted octanol–water partition coefficient (Wildman–Crippen LogP) is 4.55. The van der Waals surface area contributed by atoms with E-state index in [1.54, 1.807) is 19.2 Å². The molecule has 7 heteroatoms. The molecule has 0 saturated heterocycles. The number of ether oxygens (including phenoxy) is 3. The van der Waals surface area contributed by atoms with Gasteiger partial charge < -0.3 is 14.2 Å². The average molecular weight is 594 g/mol. The van der Waals surface area contributed by atoms with Crippen LogP contribution in [0.15, 0.2) is 36.4 Å². The molecule has 0 saturated carbocycles. The minimum absolute atomic E-state index is 0.215. The SMILES string of the molecule is COc1c(I)cc(CCC(=O)OCCc2ccc(OC(C)=O)cc2)cc1I. The Morgan fingerprint density at radius 2 is 1.59 bits per heavy atom. The Morgan fingerprint density at radius 3 is 2.15 bits per heavy atom. The zero-order valence-electron chi connectivity index (χ0n) is 15.1. The van der Waals surface area contributed by atoms with Gasteiger partial charge in [-0.25, -0.2) is 0 Å². The summed E-state index contributed by atoms with van der Waals surface area (Å²) in [5, 5.41) is 0. The molecular formula is C20H20I2O5. The van der Waals surface area contributed by atoms with E-state index in [9.17, 15) is 9.59 Å². The van der Waals surface area contributed by atoms with Crippen LogP contribution in [0.3, 0.4) is 0 Å². The number of hydrogen-bond donors (Lipinski definition) is 0. The molecule has 0 aliphatic rings. The van der Waals surface area contributed by atoms with Gasteiger partial charge in [0, 0.05) is 19.8 Å². The molecule has 0 N–H and O–H groups in total. The van der Waals surface area contributed by atoms with Crippen molar-refractivity contribution in [1.29, 1.82) is 0 Å². The van der Waals surface area contributed by atoms with E-state index in [4.69, 9.17) is 14.2 Å². The van der Waals surface area contributed by atoms with Crippen molar-refractivity contribution in [2.75, 3.05) is 13.7 Å². The summed E-state index contributed by atoms with van der Waals surface area (Å²) < 4.78 is 17.7. The maximum Gasteiger partial charge on any atom is 0.308 e.